The normalized spacial score (nSPS) is 26.3. The van der Waals surface area contributed by atoms with E-state index in [-0.39, 0.29) is 23.9 Å². The second-order valence-corrected chi connectivity index (χ2v) is 6.99. The molecule has 1 saturated heterocycles. The number of hydrogen-bond acceptors (Lipinski definition) is 2. The Hall–Kier alpha value is -2.04. The summed E-state index contributed by atoms with van der Waals surface area (Å²) in [6.07, 6.45) is 4.85. The monoisotopic (exact) mass is 313 g/mol. The first-order chi connectivity index (χ1) is 11.2. The van der Waals surface area contributed by atoms with E-state index >= 15 is 0 Å². The average Bonchev–Trinajstić information content (AvgIpc) is 3.22. The maximum absolute atomic E-state index is 12.2. The van der Waals surface area contributed by atoms with E-state index < -0.39 is 0 Å². The van der Waals surface area contributed by atoms with Crippen LogP contribution in [0.1, 0.15) is 42.9 Å². The second-order valence-electron chi connectivity index (χ2n) is 6.99. The van der Waals surface area contributed by atoms with Crippen LogP contribution in [-0.4, -0.2) is 36.0 Å². The summed E-state index contributed by atoms with van der Waals surface area (Å²) in [5.41, 5.74) is 2.57. The standard InChI is InChI=1S/C18H23N3O2/c22-17-9-12(11-21(17)14-6-7-14)10-19-18(23)20-16-8-5-13-3-1-2-4-15(13)16/h1-4,12,14,16H,5-11H2,(H2,19,20,23). The summed E-state index contributed by atoms with van der Waals surface area (Å²) in [7, 11) is 0. The molecule has 2 N–H and O–H groups in total. The lowest BCUT2D eigenvalue weighted by molar-refractivity contribution is -0.128. The molecule has 1 aromatic rings. The Bertz CT molecular complexity index is 626. The van der Waals surface area contributed by atoms with Crippen LogP contribution in [-0.2, 0) is 11.2 Å². The van der Waals surface area contributed by atoms with Crippen molar-refractivity contribution in [2.75, 3.05) is 13.1 Å². The molecule has 0 spiro atoms. The van der Waals surface area contributed by atoms with E-state index in [2.05, 4.69) is 22.8 Å². The molecule has 5 nitrogen and oxygen atoms in total. The zero-order valence-electron chi connectivity index (χ0n) is 13.3. The maximum atomic E-state index is 12.2. The van der Waals surface area contributed by atoms with E-state index in [1.807, 2.05) is 17.0 Å². The molecule has 3 amide bonds. The van der Waals surface area contributed by atoms with Gasteiger partial charge in [0.15, 0.2) is 0 Å². The van der Waals surface area contributed by atoms with E-state index in [4.69, 9.17) is 0 Å². The van der Waals surface area contributed by atoms with E-state index in [1.54, 1.807) is 0 Å². The minimum Gasteiger partial charge on any atom is -0.339 e. The van der Waals surface area contributed by atoms with Gasteiger partial charge in [0.1, 0.15) is 0 Å². The van der Waals surface area contributed by atoms with Crippen molar-refractivity contribution < 1.29 is 9.59 Å². The van der Waals surface area contributed by atoms with Crippen molar-refractivity contribution >= 4 is 11.9 Å². The summed E-state index contributed by atoms with van der Waals surface area (Å²) in [5, 5.41) is 6.02. The lowest BCUT2D eigenvalue weighted by atomic mass is 10.1. The number of nitrogens with one attached hydrogen (secondary N) is 2. The molecule has 0 radical (unpaired) electrons. The highest BCUT2D eigenvalue weighted by atomic mass is 16.2. The predicted octanol–water partition coefficient (Wildman–Crippen LogP) is 1.98. The number of aryl methyl sites for hydroxylation is 1. The van der Waals surface area contributed by atoms with Crippen molar-refractivity contribution in [3.63, 3.8) is 0 Å². The molecule has 1 aliphatic heterocycles. The molecule has 1 aromatic carbocycles. The lowest BCUT2D eigenvalue weighted by Crippen LogP contribution is -2.40. The summed E-state index contributed by atoms with van der Waals surface area (Å²) in [5.74, 6) is 0.508. The molecule has 4 rings (SSSR count). The number of carbonyl (C=O) groups is 2. The summed E-state index contributed by atoms with van der Waals surface area (Å²) in [6, 6.07) is 8.76. The number of nitrogens with zero attached hydrogens (tertiary/aromatic N) is 1. The molecule has 5 heteroatoms. The van der Waals surface area contributed by atoms with Crippen molar-refractivity contribution in [2.24, 2.45) is 5.92 Å². The summed E-state index contributed by atoms with van der Waals surface area (Å²) in [4.78, 5) is 26.1. The van der Waals surface area contributed by atoms with Crippen molar-refractivity contribution in [1.29, 1.82) is 0 Å². The average molecular weight is 313 g/mol. The molecule has 2 unspecified atom stereocenters. The number of benzene rings is 1. The predicted molar refractivity (Wildman–Crippen MR) is 86.9 cm³/mol. The lowest BCUT2D eigenvalue weighted by Gasteiger charge is -2.17. The fourth-order valence-electron chi connectivity index (χ4n) is 3.84. The fourth-order valence-corrected chi connectivity index (χ4v) is 3.84. The maximum Gasteiger partial charge on any atom is 0.315 e. The van der Waals surface area contributed by atoms with E-state index in [0.29, 0.717) is 19.0 Å². The van der Waals surface area contributed by atoms with Gasteiger partial charge in [-0.15, -0.1) is 0 Å². The minimum atomic E-state index is -0.121. The number of likely N-dealkylation sites (tertiary alicyclic amines) is 1. The Balaban J connectivity index is 1.26. The van der Waals surface area contributed by atoms with Crippen LogP contribution in [0.4, 0.5) is 4.79 Å². The summed E-state index contributed by atoms with van der Waals surface area (Å²) in [6.45, 7) is 1.38. The second kappa shape index (κ2) is 5.87. The van der Waals surface area contributed by atoms with Crippen molar-refractivity contribution in [2.45, 2.75) is 44.2 Å². The fraction of sp³-hybridized carbons (Fsp3) is 0.556. The Morgan fingerprint density at radius 2 is 2.04 bits per heavy atom. The number of hydrogen-bond donors (Lipinski definition) is 2. The summed E-state index contributed by atoms with van der Waals surface area (Å²) >= 11 is 0. The zero-order valence-corrected chi connectivity index (χ0v) is 13.3. The van der Waals surface area contributed by atoms with Gasteiger partial charge in [-0.1, -0.05) is 24.3 Å². The third-order valence-electron chi connectivity index (χ3n) is 5.22. The van der Waals surface area contributed by atoms with Crippen LogP contribution in [0.15, 0.2) is 24.3 Å². The molecule has 3 aliphatic rings. The van der Waals surface area contributed by atoms with E-state index in [9.17, 15) is 9.59 Å². The summed E-state index contributed by atoms with van der Waals surface area (Å²) < 4.78 is 0. The Morgan fingerprint density at radius 1 is 1.22 bits per heavy atom. The topological polar surface area (TPSA) is 61.4 Å². The largest absolute Gasteiger partial charge is 0.339 e. The molecule has 122 valence electrons. The highest BCUT2D eigenvalue weighted by Crippen LogP contribution is 2.32. The van der Waals surface area contributed by atoms with Gasteiger partial charge in [0, 0.05) is 31.5 Å². The quantitative estimate of drug-likeness (QED) is 0.893. The Kier molecular flexibility index (Phi) is 3.71. The number of amides is 3. The van der Waals surface area contributed by atoms with Crippen LogP contribution in [0, 0.1) is 5.92 Å². The zero-order chi connectivity index (χ0) is 15.8. The van der Waals surface area contributed by atoms with Crippen molar-refractivity contribution in [3.05, 3.63) is 35.4 Å². The molecule has 2 fully saturated rings. The van der Waals surface area contributed by atoms with Gasteiger partial charge in [-0.25, -0.2) is 4.79 Å². The van der Waals surface area contributed by atoms with Gasteiger partial charge < -0.3 is 15.5 Å². The van der Waals surface area contributed by atoms with Gasteiger partial charge >= 0.3 is 6.03 Å². The van der Waals surface area contributed by atoms with Gasteiger partial charge in [0.05, 0.1) is 6.04 Å². The molecule has 23 heavy (non-hydrogen) atoms. The molecule has 0 bridgehead atoms. The molecule has 2 atom stereocenters. The van der Waals surface area contributed by atoms with Crippen molar-refractivity contribution in [1.82, 2.24) is 15.5 Å². The highest BCUT2D eigenvalue weighted by Gasteiger charge is 2.39. The number of rotatable bonds is 4. The molecular formula is C18H23N3O2. The number of fused-ring (bicyclic) bond motifs is 1. The third kappa shape index (κ3) is 3.05. The smallest absolute Gasteiger partial charge is 0.315 e. The van der Waals surface area contributed by atoms with Gasteiger partial charge in [-0.3, -0.25) is 4.79 Å². The number of urea groups is 1. The molecule has 2 aliphatic carbocycles. The van der Waals surface area contributed by atoms with Crippen molar-refractivity contribution in [3.8, 4) is 0 Å². The number of carbonyl (C=O) groups excluding carboxylic acids is 2. The SMILES string of the molecule is O=C(NCC1CC(=O)N(C2CC2)C1)NC1CCc2ccccc21. The van der Waals surface area contributed by atoms with Gasteiger partial charge in [-0.2, -0.15) is 0 Å². The molecule has 0 aromatic heterocycles. The Labute approximate surface area is 136 Å². The van der Waals surface area contributed by atoms with E-state index in [1.165, 1.54) is 11.1 Å². The van der Waals surface area contributed by atoms with Crippen LogP contribution in [0.5, 0.6) is 0 Å². The van der Waals surface area contributed by atoms with Gasteiger partial charge in [0.25, 0.3) is 0 Å². The van der Waals surface area contributed by atoms with Gasteiger partial charge in [-0.05, 0) is 36.8 Å². The molecule has 1 saturated carbocycles. The van der Waals surface area contributed by atoms with Crippen LogP contribution in [0.3, 0.4) is 0 Å². The van der Waals surface area contributed by atoms with Crippen LogP contribution in [0.2, 0.25) is 0 Å². The van der Waals surface area contributed by atoms with Crippen LogP contribution < -0.4 is 10.6 Å². The molecular weight excluding hydrogens is 290 g/mol. The Morgan fingerprint density at radius 3 is 2.87 bits per heavy atom. The van der Waals surface area contributed by atoms with Gasteiger partial charge in [0.2, 0.25) is 5.91 Å². The first-order valence-corrected chi connectivity index (χ1v) is 8.62. The minimum absolute atomic E-state index is 0.111. The third-order valence-corrected chi connectivity index (χ3v) is 5.22. The highest BCUT2D eigenvalue weighted by molar-refractivity contribution is 5.79. The van der Waals surface area contributed by atoms with E-state index in [0.717, 1.165) is 32.2 Å². The first-order valence-electron chi connectivity index (χ1n) is 8.62. The first kappa shape index (κ1) is 14.5. The van der Waals surface area contributed by atoms with Crippen LogP contribution in [0.25, 0.3) is 0 Å². The van der Waals surface area contributed by atoms with Crippen LogP contribution >= 0.6 is 0 Å². The molecule has 1 heterocycles.